The van der Waals surface area contributed by atoms with Crippen LogP contribution in [0.4, 0.5) is 0 Å². The molecule has 2 atom stereocenters. The molecular formula is C8H11AsO2. The van der Waals surface area contributed by atoms with Crippen LogP contribution in [0.15, 0.2) is 30.3 Å². The monoisotopic (exact) mass is 214 g/mol. The van der Waals surface area contributed by atoms with Crippen LogP contribution in [0.25, 0.3) is 0 Å². The Kier molecular flexibility index (Phi) is 2.98. The van der Waals surface area contributed by atoms with E-state index in [4.69, 9.17) is 4.10 Å². The van der Waals surface area contributed by atoms with E-state index in [2.05, 4.69) is 0 Å². The maximum absolute atomic E-state index is 10.7. The van der Waals surface area contributed by atoms with Crippen LogP contribution in [-0.4, -0.2) is 19.0 Å². The summed E-state index contributed by atoms with van der Waals surface area (Å²) < 4.78 is 19.5. The summed E-state index contributed by atoms with van der Waals surface area (Å²) in [7, 11) is 0. The zero-order valence-corrected chi connectivity index (χ0v) is 8.42. The Hall–Kier alpha value is -0.462. The number of benzene rings is 1. The molecule has 1 rings (SSSR count). The number of hydrogen-bond donors (Lipinski definition) is 1. The molecule has 0 radical (unpaired) electrons. The third kappa shape index (κ3) is 2.25. The Morgan fingerprint density at radius 1 is 1.36 bits per heavy atom. The Morgan fingerprint density at radius 3 is 2.36 bits per heavy atom. The van der Waals surface area contributed by atoms with Gasteiger partial charge in [-0.1, -0.05) is 0 Å². The van der Waals surface area contributed by atoms with Crippen molar-refractivity contribution in [1.29, 1.82) is 0 Å². The average molecular weight is 214 g/mol. The van der Waals surface area contributed by atoms with Gasteiger partial charge >= 0.3 is 70.3 Å². The molecule has 1 aromatic rings. The van der Waals surface area contributed by atoms with Gasteiger partial charge in [-0.05, 0) is 0 Å². The van der Waals surface area contributed by atoms with Gasteiger partial charge in [0.25, 0.3) is 0 Å². The van der Waals surface area contributed by atoms with Crippen molar-refractivity contribution in [3.63, 3.8) is 0 Å². The summed E-state index contributed by atoms with van der Waals surface area (Å²) >= 11 is -2.99. The van der Waals surface area contributed by atoms with E-state index < -0.39 is 14.9 Å². The second-order valence-electron chi connectivity index (χ2n) is 2.47. The Morgan fingerprint density at radius 2 is 1.91 bits per heavy atom. The molecule has 1 aromatic carbocycles. The summed E-state index contributed by atoms with van der Waals surface area (Å²) in [6, 6.07) is 9.43. The van der Waals surface area contributed by atoms with Crippen LogP contribution in [0, 0.1) is 0 Å². The van der Waals surface area contributed by atoms with E-state index in [0.29, 0.717) is 0 Å². The van der Waals surface area contributed by atoms with Gasteiger partial charge in [-0.15, -0.1) is 0 Å². The van der Waals surface area contributed by atoms with Crippen molar-refractivity contribution >= 4 is 14.9 Å². The Bertz CT molecular complexity index is 246. The van der Waals surface area contributed by atoms with E-state index in [0.717, 1.165) is 5.56 Å². The second-order valence-corrected chi connectivity index (χ2v) is 5.71. The van der Waals surface area contributed by atoms with Gasteiger partial charge in [0.2, 0.25) is 0 Å². The van der Waals surface area contributed by atoms with E-state index in [1.165, 1.54) is 0 Å². The molecule has 0 aromatic heterocycles. The molecule has 0 saturated heterocycles. The molecule has 2 unspecified atom stereocenters. The molecule has 0 fully saturated rings. The van der Waals surface area contributed by atoms with Gasteiger partial charge in [-0.3, -0.25) is 0 Å². The molecule has 60 valence electrons. The normalized spacial score (nSPS) is 15.8. The molecule has 0 spiro atoms. The minimum atomic E-state index is -2.99. The van der Waals surface area contributed by atoms with E-state index in [9.17, 15) is 3.74 Å². The van der Waals surface area contributed by atoms with Gasteiger partial charge in [0.15, 0.2) is 0 Å². The fourth-order valence-electron chi connectivity index (χ4n) is 0.884. The molecule has 0 bridgehead atoms. The first kappa shape index (κ1) is 8.63. The van der Waals surface area contributed by atoms with E-state index in [-0.39, 0.29) is 4.71 Å². The van der Waals surface area contributed by atoms with Crippen molar-refractivity contribution < 1.29 is 7.84 Å². The molecule has 0 amide bonds. The van der Waals surface area contributed by atoms with Crippen molar-refractivity contribution in [2.45, 2.75) is 11.6 Å². The summed E-state index contributed by atoms with van der Waals surface area (Å²) in [5, 5.41) is 0. The first-order valence-corrected chi connectivity index (χ1v) is 6.50. The summed E-state index contributed by atoms with van der Waals surface area (Å²) in [5.74, 6) is 0. The van der Waals surface area contributed by atoms with Crippen LogP contribution in [0.2, 0.25) is 0 Å². The Labute approximate surface area is 70.7 Å². The first-order valence-electron chi connectivity index (χ1n) is 3.49. The van der Waals surface area contributed by atoms with Crippen LogP contribution in [0.3, 0.4) is 0 Å². The standard InChI is InChI=1S/C8H11AsO2/c1-7(9(10)11)8-5-3-2-4-6-8/h2-7,9H,1H3,(H,10,11). The van der Waals surface area contributed by atoms with Crippen molar-refractivity contribution in [1.82, 2.24) is 0 Å². The number of hydrogen-bond acceptors (Lipinski definition) is 1. The Balaban J connectivity index is 2.85. The van der Waals surface area contributed by atoms with E-state index in [1.54, 1.807) is 6.92 Å². The zero-order valence-electron chi connectivity index (χ0n) is 6.32. The molecule has 3 heteroatoms. The van der Waals surface area contributed by atoms with Gasteiger partial charge in [-0.25, -0.2) is 0 Å². The van der Waals surface area contributed by atoms with Crippen LogP contribution < -0.4 is 0 Å². The fourth-order valence-corrected chi connectivity index (χ4v) is 1.89. The van der Waals surface area contributed by atoms with E-state index in [1.807, 2.05) is 30.3 Å². The molecule has 0 saturated carbocycles. The minimum absolute atomic E-state index is 0.156. The first-order chi connectivity index (χ1) is 5.22. The van der Waals surface area contributed by atoms with Crippen molar-refractivity contribution in [2.75, 3.05) is 0 Å². The topological polar surface area (TPSA) is 37.3 Å². The summed E-state index contributed by atoms with van der Waals surface area (Å²) in [6.45, 7) is 1.79. The van der Waals surface area contributed by atoms with Crippen LogP contribution in [-0.2, 0) is 3.74 Å². The van der Waals surface area contributed by atoms with Gasteiger partial charge in [-0.2, -0.15) is 0 Å². The predicted molar refractivity (Wildman–Crippen MR) is 44.9 cm³/mol. The van der Waals surface area contributed by atoms with Crippen LogP contribution >= 0.6 is 0 Å². The molecule has 0 aliphatic carbocycles. The summed E-state index contributed by atoms with van der Waals surface area (Å²) in [6.07, 6.45) is 0. The molecule has 0 aliphatic heterocycles. The molecule has 2 nitrogen and oxygen atoms in total. The van der Waals surface area contributed by atoms with Gasteiger partial charge in [0.05, 0.1) is 0 Å². The SMILES string of the molecule is CC(c1ccccc1)[AsH](=O)O. The predicted octanol–water partition coefficient (Wildman–Crippen LogP) is 0.973. The molecule has 0 heterocycles. The quantitative estimate of drug-likeness (QED) is 0.745. The van der Waals surface area contributed by atoms with Crippen molar-refractivity contribution in [3.05, 3.63) is 35.9 Å². The molecular weight excluding hydrogens is 203 g/mol. The zero-order chi connectivity index (χ0) is 8.27. The van der Waals surface area contributed by atoms with Crippen molar-refractivity contribution in [3.8, 4) is 0 Å². The van der Waals surface area contributed by atoms with Gasteiger partial charge in [0.1, 0.15) is 0 Å². The molecule has 1 N–H and O–H groups in total. The molecule has 11 heavy (non-hydrogen) atoms. The van der Waals surface area contributed by atoms with Gasteiger partial charge in [0, 0.05) is 0 Å². The average Bonchev–Trinajstić information content (AvgIpc) is 2.05. The summed E-state index contributed by atoms with van der Waals surface area (Å²) in [4.78, 5) is 0. The fraction of sp³-hybridized carbons (Fsp3) is 0.250. The summed E-state index contributed by atoms with van der Waals surface area (Å²) in [5.41, 5.74) is 0.958. The van der Waals surface area contributed by atoms with Crippen molar-refractivity contribution in [2.24, 2.45) is 0 Å². The number of rotatable bonds is 2. The van der Waals surface area contributed by atoms with Crippen LogP contribution in [0.5, 0.6) is 0 Å². The third-order valence-electron chi connectivity index (χ3n) is 1.67. The third-order valence-corrected chi connectivity index (χ3v) is 3.92. The second kappa shape index (κ2) is 3.79. The van der Waals surface area contributed by atoms with Gasteiger partial charge < -0.3 is 0 Å². The maximum atomic E-state index is 10.7. The van der Waals surface area contributed by atoms with Crippen LogP contribution in [0.1, 0.15) is 17.2 Å². The molecule has 0 aliphatic rings. The van der Waals surface area contributed by atoms with E-state index >= 15 is 0 Å².